The number of carbonyl (C=O) groups is 2. The van der Waals surface area contributed by atoms with Crippen molar-refractivity contribution < 1.29 is 14.3 Å². The number of carbonyl (C=O) groups excluding carboxylic acids is 2. The quantitative estimate of drug-likeness (QED) is 0.848. The molecule has 1 aliphatic heterocycles. The Morgan fingerprint density at radius 2 is 1.85 bits per heavy atom. The molecule has 0 saturated carbocycles. The van der Waals surface area contributed by atoms with Gasteiger partial charge in [0.05, 0.1) is 5.92 Å². The fourth-order valence-electron chi connectivity index (χ4n) is 2.74. The molecule has 136 valence electrons. The van der Waals surface area contributed by atoms with E-state index in [2.05, 4.69) is 10.6 Å². The van der Waals surface area contributed by atoms with Crippen molar-refractivity contribution in [1.29, 1.82) is 0 Å². The number of fused-ring (bicyclic) bond motifs is 1. The van der Waals surface area contributed by atoms with E-state index in [0.29, 0.717) is 29.4 Å². The van der Waals surface area contributed by atoms with Crippen molar-refractivity contribution in [2.75, 3.05) is 17.2 Å². The molecule has 0 saturated heterocycles. The minimum Gasteiger partial charge on any atom is -0.492 e. The fraction of sp³-hybridized carbons (Fsp3) is 0.300. The molecular weight excluding hydrogens is 352 g/mol. The maximum atomic E-state index is 12.6. The van der Waals surface area contributed by atoms with Crippen LogP contribution in [0.5, 0.6) is 5.75 Å². The molecule has 5 nitrogen and oxygen atoms in total. The molecule has 1 atom stereocenters. The second-order valence-electron chi connectivity index (χ2n) is 6.68. The summed E-state index contributed by atoms with van der Waals surface area (Å²) >= 11 is 6.02. The first-order chi connectivity index (χ1) is 12.4. The van der Waals surface area contributed by atoms with Gasteiger partial charge in [-0.2, -0.15) is 0 Å². The number of hydrogen-bond donors (Lipinski definition) is 2. The van der Waals surface area contributed by atoms with Gasteiger partial charge in [0.15, 0.2) is 0 Å². The summed E-state index contributed by atoms with van der Waals surface area (Å²) < 4.78 is 5.68. The van der Waals surface area contributed by atoms with Crippen LogP contribution >= 0.6 is 11.6 Å². The first kappa shape index (κ1) is 18.3. The van der Waals surface area contributed by atoms with Crippen LogP contribution in [0.3, 0.4) is 0 Å². The molecule has 0 radical (unpaired) electrons. The van der Waals surface area contributed by atoms with E-state index in [-0.39, 0.29) is 23.7 Å². The molecule has 2 amide bonds. The SMILES string of the molecule is CC(C)C(=O)Nc1cccc(NC(=O)C2COc3ccc(Cl)cc3C2)c1. The number of hydrogen-bond acceptors (Lipinski definition) is 3. The molecule has 0 aromatic heterocycles. The third-order valence-corrected chi connectivity index (χ3v) is 4.46. The highest BCUT2D eigenvalue weighted by Crippen LogP contribution is 2.30. The van der Waals surface area contributed by atoms with Gasteiger partial charge in [-0.15, -0.1) is 0 Å². The van der Waals surface area contributed by atoms with Crippen molar-refractivity contribution in [2.24, 2.45) is 11.8 Å². The zero-order valence-corrected chi connectivity index (χ0v) is 15.5. The summed E-state index contributed by atoms with van der Waals surface area (Å²) in [5, 5.41) is 6.35. The Bertz CT molecular complexity index is 836. The zero-order valence-electron chi connectivity index (χ0n) is 14.7. The number of anilines is 2. The van der Waals surface area contributed by atoms with Gasteiger partial charge in [0.25, 0.3) is 0 Å². The van der Waals surface area contributed by atoms with Crippen molar-refractivity contribution in [1.82, 2.24) is 0 Å². The predicted octanol–water partition coefficient (Wildman–Crippen LogP) is 4.12. The number of amides is 2. The lowest BCUT2D eigenvalue weighted by atomic mass is 9.96. The molecule has 2 aromatic rings. The van der Waals surface area contributed by atoms with E-state index in [1.165, 1.54) is 0 Å². The van der Waals surface area contributed by atoms with E-state index in [0.717, 1.165) is 11.3 Å². The Morgan fingerprint density at radius 1 is 1.12 bits per heavy atom. The van der Waals surface area contributed by atoms with Crippen molar-refractivity contribution in [3.63, 3.8) is 0 Å². The standard InChI is InChI=1S/C20H21ClN2O3/c1-12(2)19(24)22-16-4-3-5-17(10-16)23-20(25)14-8-13-9-15(21)6-7-18(13)26-11-14/h3-7,9-10,12,14H,8,11H2,1-2H3,(H,22,24)(H,23,25). The molecule has 0 bridgehead atoms. The van der Waals surface area contributed by atoms with Gasteiger partial charge in [-0.1, -0.05) is 31.5 Å². The highest BCUT2D eigenvalue weighted by molar-refractivity contribution is 6.30. The number of ether oxygens (including phenoxy) is 1. The smallest absolute Gasteiger partial charge is 0.231 e. The third-order valence-electron chi connectivity index (χ3n) is 4.22. The van der Waals surface area contributed by atoms with Crippen LogP contribution in [0.25, 0.3) is 0 Å². The zero-order chi connectivity index (χ0) is 18.7. The minimum atomic E-state index is -0.296. The Labute approximate surface area is 157 Å². The number of benzene rings is 2. The van der Waals surface area contributed by atoms with Gasteiger partial charge in [-0.3, -0.25) is 9.59 Å². The minimum absolute atomic E-state index is 0.0670. The molecular formula is C20H21ClN2O3. The first-order valence-corrected chi connectivity index (χ1v) is 8.93. The molecule has 1 unspecified atom stereocenters. The molecule has 0 aliphatic carbocycles. The maximum absolute atomic E-state index is 12.6. The highest BCUT2D eigenvalue weighted by Gasteiger charge is 2.26. The molecule has 1 aliphatic rings. The Hall–Kier alpha value is -2.53. The van der Waals surface area contributed by atoms with E-state index in [9.17, 15) is 9.59 Å². The summed E-state index contributed by atoms with van der Waals surface area (Å²) in [5.74, 6) is 0.178. The summed E-state index contributed by atoms with van der Waals surface area (Å²) in [6.45, 7) is 3.98. The average Bonchev–Trinajstić information content (AvgIpc) is 2.61. The van der Waals surface area contributed by atoms with Crippen molar-refractivity contribution in [3.05, 3.63) is 53.1 Å². The monoisotopic (exact) mass is 372 g/mol. The van der Waals surface area contributed by atoms with Crippen LogP contribution in [-0.2, 0) is 16.0 Å². The number of nitrogens with one attached hydrogen (secondary N) is 2. The molecule has 0 spiro atoms. The largest absolute Gasteiger partial charge is 0.492 e. The van der Waals surface area contributed by atoms with E-state index < -0.39 is 0 Å². The van der Waals surface area contributed by atoms with E-state index in [1.807, 2.05) is 26.0 Å². The lowest BCUT2D eigenvalue weighted by Gasteiger charge is -2.24. The molecule has 2 N–H and O–H groups in total. The molecule has 0 fully saturated rings. The Morgan fingerprint density at radius 3 is 2.58 bits per heavy atom. The lowest BCUT2D eigenvalue weighted by Crippen LogP contribution is -2.32. The van der Waals surface area contributed by atoms with Crippen molar-refractivity contribution in [3.8, 4) is 5.75 Å². The van der Waals surface area contributed by atoms with Crippen molar-refractivity contribution >= 4 is 34.8 Å². The van der Waals surface area contributed by atoms with Gasteiger partial charge in [0, 0.05) is 22.3 Å². The summed E-state index contributed by atoms with van der Waals surface area (Å²) in [6, 6.07) is 12.5. The topological polar surface area (TPSA) is 67.4 Å². The Balaban J connectivity index is 1.66. The molecule has 26 heavy (non-hydrogen) atoms. The van der Waals surface area contributed by atoms with Gasteiger partial charge in [0.2, 0.25) is 11.8 Å². The van der Waals surface area contributed by atoms with Gasteiger partial charge in [0.1, 0.15) is 12.4 Å². The maximum Gasteiger partial charge on any atom is 0.231 e. The predicted molar refractivity (Wildman–Crippen MR) is 103 cm³/mol. The van der Waals surface area contributed by atoms with Gasteiger partial charge in [-0.05, 0) is 48.4 Å². The molecule has 1 heterocycles. The first-order valence-electron chi connectivity index (χ1n) is 8.55. The van der Waals surface area contributed by atoms with Crippen LogP contribution in [0.2, 0.25) is 5.02 Å². The normalized spacial score (nSPS) is 15.8. The van der Waals surface area contributed by atoms with Gasteiger partial charge >= 0.3 is 0 Å². The molecule has 2 aromatic carbocycles. The summed E-state index contributed by atoms with van der Waals surface area (Å²) in [4.78, 5) is 24.4. The summed E-state index contributed by atoms with van der Waals surface area (Å²) in [7, 11) is 0. The number of halogens is 1. The summed E-state index contributed by atoms with van der Waals surface area (Å²) in [5.41, 5.74) is 2.22. The average molecular weight is 373 g/mol. The second kappa shape index (κ2) is 7.79. The lowest BCUT2D eigenvalue weighted by molar-refractivity contribution is -0.121. The van der Waals surface area contributed by atoms with Gasteiger partial charge in [-0.25, -0.2) is 0 Å². The van der Waals surface area contributed by atoms with Crippen molar-refractivity contribution in [2.45, 2.75) is 20.3 Å². The fourth-order valence-corrected chi connectivity index (χ4v) is 2.93. The van der Waals surface area contributed by atoms with E-state index in [1.54, 1.807) is 30.3 Å². The van der Waals surface area contributed by atoms with Crippen LogP contribution in [0.1, 0.15) is 19.4 Å². The van der Waals surface area contributed by atoms with Crippen LogP contribution < -0.4 is 15.4 Å². The third kappa shape index (κ3) is 4.35. The van der Waals surface area contributed by atoms with Crippen LogP contribution in [-0.4, -0.2) is 18.4 Å². The second-order valence-corrected chi connectivity index (χ2v) is 7.11. The summed E-state index contributed by atoms with van der Waals surface area (Å²) in [6.07, 6.45) is 0.575. The molecule has 6 heteroatoms. The van der Waals surface area contributed by atoms with E-state index >= 15 is 0 Å². The van der Waals surface area contributed by atoms with Crippen LogP contribution in [0.15, 0.2) is 42.5 Å². The van der Waals surface area contributed by atoms with Gasteiger partial charge < -0.3 is 15.4 Å². The number of rotatable bonds is 4. The van der Waals surface area contributed by atoms with E-state index in [4.69, 9.17) is 16.3 Å². The Kier molecular flexibility index (Phi) is 5.47. The molecule has 3 rings (SSSR count). The van der Waals surface area contributed by atoms with Crippen LogP contribution in [0, 0.1) is 11.8 Å². The highest BCUT2D eigenvalue weighted by atomic mass is 35.5. The van der Waals surface area contributed by atoms with Crippen LogP contribution in [0.4, 0.5) is 11.4 Å².